The smallest absolute Gasteiger partial charge is 0.333 e. The van der Waals surface area contributed by atoms with E-state index in [1.807, 2.05) is 4.98 Å². The van der Waals surface area contributed by atoms with E-state index in [-0.39, 0.29) is 23.1 Å². The van der Waals surface area contributed by atoms with E-state index in [1.165, 1.54) is 12.1 Å². The molecule has 130 valence electrons. The molecule has 1 aliphatic rings. The van der Waals surface area contributed by atoms with Crippen LogP contribution in [-0.2, 0) is 4.79 Å². The molecule has 1 aliphatic heterocycles. The number of piperidine rings is 1. The Labute approximate surface area is 141 Å². The number of halogens is 1. The van der Waals surface area contributed by atoms with Crippen molar-refractivity contribution in [3.05, 3.63) is 62.7 Å². The molecule has 1 fully saturated rings. The molecule has 3 rings (SSSR count). The molecule has 1 N–H and O–H groups in total. The zero-order valence-electron chi connectivity index (χ0n) is 13.3. The van der Waals surface area contributed by atoms with Gasteiger partial charge in [-0.15, -0.1) is 0 Å². The average molecular weight is 345 g/mol. The number of aromatic amines is 1. The lowest BCUT2D eigenvalue weighted by Gasteiger charge is -2.29. The molecule has 0 spiro atoms. The first-order valence-electron chi connectivity index (χ1n) is 7.86. The highest BCUT2D eigenvalue weighted by Gasteiger charge is 2.24. The summed E-state index contributed by atoms with van der Waals surface area (Å²) < 4.78 is 15.1. The maximum Gasteiger partial charge on any atom is 0.333 e. The fraction of sp³-hybridized carbons (Fsp3) is 0.294. The van der Waals surface area contributed by atoms with Crippen molar-refractivity contribution in [2.75, 3.05) is 13.1 Å². The standard InChI is InChI=1S/C17H16FN3O4/c18-13-2-1-12(16(24)20-6-3-11(10-22)4-7-20)9-14(13)21-8-5-15(23)19-17(21)25/h1-2,5,8-11H,3-4,6-7H2,(H,19,23,25). The lowest BCUT2D eigenvalue weighted by Crippen LogP contribution is -2.38. The average Bonchev–Trinajstić information content (AvgIpc) is 2.62. The van der Waals surface area contributed by atoms with Crippen LogP contribution in [-0.4, -0.2) is 39.7 Å². The van der Waals surface area contributed by atoms with Crippen LogP contribution in [0.2, 0.25) is 0 Å². The second kappa shape index (κ2) is 6.84. The van der Waals surface area contributed by atoms with E-state index in [4.69, 9.17) is 0 Å². The number of nitrogens with one attached hydrogen (secondary N) is 1. The minimum absolute atomic E-state index is 0.0347. The lowest BCUT2D eigenvalue weighted by atomic mass is 9.98. The molecular formula is C17H16FN3O4. The number of carbonyl (C=O) groups excluding carboxylic acids is 2. The highest BCUT2D eigenvalue weighted by molar-refractivity contribution is 5.95. The van der Waals surface area contributed by atoms with Gasteiger partial charge >= 0.3 is 5.69 Å². The van der Waals surface area contributed by atoms with Crippen molar-refractivity contribution in [1.29, 1.82) is 0 Å². The van der Waals surface area contributed by atoms with Crippen molar-refractivity contribution in [1.82, 2.24) is 14.5 Å². The van der Waals surface area contributed by atoms with E-state index in [0.29, 0.717) is 25.9 Å². The highest BCUT2D eigenvalue weighted by atomic mass is 19.1. The molecular weight excluding hydrogens is 329 g/mol. The van der Waals surface area contributed by atoms with Gasteiger partial charge in [-0.3, -0.25) is 19.1 Å². The second-order valence-corrected chi connectivity index (χ2v) is 5.91. The maximum absolute atomic E-state index is 14.1. The summed E-state index contributed by atoms with van der Waals surface area (Å²) >= 11 is 0. The van der Waals surface area contributed by atoms with Gasteiger partial charge in [0, 0.05) is 36.8 Å². The normalized spacial score (nSPS) is 15.2. The molecule has 0 saturated carbocycles. The van der Waals surface area contributed by atoms with E-state index in [0.717, 1.165) is 29.2 Å². The number of rotatable bonds is 3. The summed E-state index contributed by atoms with van der Waals surface area (Å²) in [6, 6.07) is 4.84. The quantitative estimate of drug-likeness (QED) is 0.830. The molecule has 0 bridgehead atoms. The summed E-state index contributed by atoms with van der Waals surface area (Å²) in [5, 5.41) is 0. The number of H-pyrrole nitrogens is 1. The third-order valence-electron chi connectivity index (χ3n) is 4.30. The molecule has 7 nitrogen and oxygen atoms in total. The van der Waals surface area contributed by atoms with Crippen molar-refractivity contribution >= 4 is 12.2 Å². The topological polar surface area (TPSA) is 92.2 Å². The number of amides is 1. The van der Waals surface area contributed by atoms with Crippen molar-refractivity contribution < 1.29 is 14.0 Å². The number of likely N-dealkylation sites (tertiary alicyclic amines) is 1. The van der Waals surface area contributed by atoms with Gasteiger partial charge in [0.25, 0.3) is 11.5 Å². The first-order chi connectivity index (χ1) is 12.0. The molecule has 1 aromatic carbocycles. The lowest BCUT2D eigenvalue weighted by molar-refractivity contribution is -0.112. The minimum Gasteiger partial charge on any atom is -0.339 e. The van der Waals surface area contributed by atoms with E-state index in [2.05, 4.69) is 0 Å². The van der Waals surface area contributed by atoms with Crippen molar-refractivity contribution in [2.24, 2.45) is 5.92 Å². The summed E-state index contributed by atoms with van der Waals surface area (Å²) in [7, 11) is 0. The van der Waals surface area contributed by atoms with Gasteiger partial charge in [-0.05, 0) is 31.0 Å². The Morgan fingerprint density at radius 3 is 2.56 bits per heavy atom. The molecule has 0 unspecified atom stereocenters. The van der Waals surface area contributed by atoms with Crippen LogP contribution in [0.15, 0.2) is 40.1 Å². The molecule has 1 amide bonds. The number of hydrogen-bond acceptors (Lipinski definition) is 4. The highest BCUT2D eigenvalue weighted by Crippen LogP contribution is 2.19. The summed E-state index contributed by atoms with van der Waals surface area (Å²) in [6.45, 7) is 0.904. The van der Waals surface area contributed by atoms with Gasteiger partial charge in [0.1, 0.15) is 12.1 Å². The Balaban J connectivity index is 1.91. The number of carbonyl (C=O) groups is 2. The molecule has 0 aliphatic carbocycles. The molecule has 1 saturated heterocycles. The Bertz CT molecular complexity index is 926. The van der Waals surface area contributed by atoms with Crippen LogP contribution < -0.4 is 11.2 Å². The van der Waals surface area contributed by atoms with Crippen molar-refractivity contribution in [2.45, 2.75) is 12.8 Å². The van der Waals surface area contributed by atoms with E-state index in [9.17, 15) is 23.6 Å². The number of benzene rings is 1. The number of nitrogens with zero attached hydrogens (tertiary/aromatic N) is 2. The molecule has 8 heteroatoms. The van der Waals surface area contributed by atoms with Gasteiger partial charge in [0.15, 0.2) is 0 Å². The summed E-state index contributed by atoms with van der Waals surface area (Å²) in [5.41, 5.74) is -1.26. The van der Waals surface area contributed by atoms with Crippen LogP contribution in [0, 0.1) is 11.7 Å². The van der Waals surface area contributed by atoms with Gasteiger partial charge in [-0.2, -0.15) is 0 Å². The summed E-state index contributed by atoms with van der Waals surface area (Å²) in [6.07, 6.45) is 3.26. The zero-order chi connectivity index (χ0) is 18.0. The van der Waals surface area contributed by atoms with Crippen LogP contribution in [0.4, 0.5) is 4.39 Å². The largest absolute Gasteiger partial charge is 0.339 e. The van der Waals surface area contributed by atoms with Crippen LogP contribution in [0.5, 0.6) is 0 Å². The molecule has 1 aromatic heterocycles. The Morgan fingerprint density at radius 2 is 1.92 bits per heavy atom. The molecule has 0 radical (unpaired) electrons. The monoisotopic (exact) mass is 345 g/mol. The Kier molecular flexibility index (Phi) is 4.60. The van der Waals surface area contributed by atoms with E-state index in [1.54, 1.807) is 4.90 Å². The number of aromatic nitrogens is 2. The molecule has 2 aromatic rings. The third kappa shape index (κ3) is 3.42. The number of aldehydes is 1. The zero-order valence-corrected chi connectivity index (χ0v) is 13.3. The first-order valence-corrected chi connectivity index (χ1v) is 7.86. The van der Waals surface area contributed by atoms with Gasteiger partial charge < -0.3 is 9.69 Å². The third-order valence-corrected chi connectivity index (χ3v) is 4.30. The van der Waals surface area contributed by atoms with Gasteiger partial charge in [0.05, 0.1) is 5.69 Å². The van der Waals surface area contributed by atoms with Crippen molar-refractivity contribution in [3.8, 4) is 5.69 Å². The predicted molar refractivity (Wildman–Crippen MR) is 87.3 cm³/mol. The molecule has 25 heavy (non-hydrogen) atoms. The fourth-order valence-corrected chi connectivity index (χ4v) is 2.86. The van der Waals surface area contributed by atoms with Gasteiger partial charge in [-0.1, -0.05) is 0 Å². The fourth-order valence-electron chi connectivity index (χ4n) is 2.86. The van der Waals surface area contributed by atoms with Crippen LogP contribution in [0.3, 0.4) is 0 Å². The van der Waals surface area contributed by atoms with E-state index >= 15 is 0 Å². The second-order valence-electron chi connectivity index (χ2n) is 5.91. The molecule has 0 atom stereocenters. The molecule has 2 heterocycles. The van der Waals surface area contributed by atoms with E-state index < -0.39 is 17.1 Å². The first kappa shape index (κ1) is 16.8. The SMILES string of the molecule is O=CC1CCN(C(=O)c2ccc(F)c(-n3ccc(=O)[nH]c3=O)c2)CC1. The van der Waals surface area contributed by atoms with Crippen molar-refractivity contribution in [3.63, 3.8) is 0 Å². The van der Waals surface area contributed by atoms with Crippen LogP contribution >= 0.6 is 0 Å². The Morgan fingerprint density at radius 1 is 1.20 bits per heavy atom. The van der Waals surface area contributed by atoms with Gasteiger partial charge in [-0.25, -0.2) is 9.18 Å². The van der Waals surface area contributed by atoms with Gasteiger partial charge in [0.2, 0.25) is 0 Å². The predicted octanol–water partition coefficient (Wildman–Crippen LogP) is 0.716. The summed E-state index contributed by atoms with van der Waals surface area (Å²) in [4.78, 5) is 50.0. The van der Waals surface area contributed by atoms with Crippen LogP contribution in [0.25, 0.3) is 5.69 Å². The minimum atomic E-state index is -0.789. The summed E-state index contributed by atoms with van der Waals surface area (Å²) in [5.74, 6) is -1.01. The Hall–Kier alpha value is -3.03. The van der Waals surface area contributed by atoms with Crippen LogP contribution in [0.1, 0.15) is 23.2 Å². The maximum atomic E-state index is 14.1. The number of hydrogen-bond donors (Lipinski definition) is 1.